The smallest absolute Gasteiger partial charge is 0.250 e. The number of thiophene rings is 1. The van der Waals surface area contributed by atoms with Crippen LogP contribution in [0.4, 0.5) is 0 Å². The van der Waals surface area contributed by atoms with Crippen LogP contribution in [0.15, 0.2) is 15.7 Å². The lowest BCUT2D eigenvalue weighted by atomic mass is 10.1. The fourth-order valence-corrected chi connectivity index (χ4v) is 4.41. The Morgan fingerprint density at radius 3 is 2.63 bits per heavy atom. The van der Waals surface area contributed by atoms with Gasteiger partial charge in [-0.25, -0.2) is 13.1 Å². The molecule has 1 aromatic heterocycles. The molecule has 19 heavy (non-hydrogen) atoms. The SMILES string of the molecule is CCCC(CC)NS(=O)(=O)c1cc(CNCC)cs1. The lowest BCUT2D eigenvalue weighted by molar-refractivity contribution is 0.513. The monoisotopic (exact) mass is 304 g/mol. The van der Waals surface area contributed by atoms with Crippen molar-refractivity contribution in [1.29, 1.82) is 0 Å². The predicted molar refractivity (Wildman–Crippen MR) is 81.0 cm³/mol. The molecule has 0 aliphatic heterocycles. The first kappa shape index (κ1) is 16.6. The van der Waals surface area contributed by atoms with Crippen LogP contribution in [0, 0.1) is 0 Å². The van der Waals surface area contributed by atoms with Crippen LogP contribution in [0.2, 0.25) is 0 Å². The maximum Gasteiger partial charge on any atom is 0.250 e. The summed E-state index contributed by atoms with van der Waals surface area (Å²) in [6, 6.07) is 1.79. The summed E-state index contributed by atoms with van der Waals surface area (Å²) in [5.41, 5.74) is 1.02. The van der Waals surface area contributed by atoms with Crippen molar-refractivity contribution in [1.82, 2.24) is 10.0 Å². The van der Waals surface area contributed by atoms with E-state index in [1.54, 1.807) is 6.07 Å². The molecule has 0 bridgehead atoms. The van der Waals surface area contributed by atoms with E-state index >= 15 is 0 Å². The first-order chi connectivity index (χ1) is 9.03. The molecule has 1 atom stereocenters. The minimum atomic E-state index is -3.36. The van der Waals surface area contributed by atoms with Crippen molar-refractivity contribution in [3.05, 3.63) is 17.0 Å². The van der Waals surface area contributed by atoms with Gasteiger partial charge in [0.25, 0.3) is 0 Å². The second kappa shape index (κ2) is 7.99. The van der Waals surface area contributed by atoms with Crippen LogP contribution in [0.3, 0.4) is 0 Å². The molecule has 0 radical (unpaired) electrons. The lowest BCUT2D eigenvalue weighted by Gasteiger charge is -2.15. The van der Waals surface area contributed by atoms with Crippen molar-refractivity contribution in [2.45, 2.75) is 56.8 Å². The van der Waals surface area contributed by atoms with E-state index in [1.807, 2.05) is 19.2 Å². The molecule has 0 saturated carbocycles. The molecule has 4 nitrogen and oxygen atoms in total. The normalized spacial score (nSPS) is 13.6. The summed E-state index contributed by atoms with van der Waals surface area (Å²) in [5.74, 6) is 0. The summed E-state index contributed by atoms with van der Waals surface area (Å²) in [4.78, 5) is 0. The van der Waals surface area contributed by atoms with Gasteiger partial charge in [-0.2, -0.15) is 0 Å². The standard InChI is InChI=1S/C13H24N2O2S2/c1-4-7-12(5-2)15-19(16,17)13-8-11(10-18-13)9-14-6-3/h8,10,12,14-15H,4-7,9H2,1-3H3. The zero-order chi connectivity index (χ0) is 14.3. The van der Waals surface area contributed by atoms with E-state index in [9.17, 15) is 8.42 Å². The summed E-state index contributed by atoms with van der Waals surface area (Å²) in [5, 5.41) is 5.09. The summed E-state index contributed by atoms with van der Waals surface area (Å²) in [7, 11) is -3.36. The van der Waals surface area contributed by atoms with Crippen molar-refractivity contribution in [3.8, 4) is 0 Å². The molecule has 1 unspecified atom stereocenters. The highest BCUT2D eigenvalue weighted by Crippen LogP contribution is 2.21. The highest BCUT2D eigenvalue weighted by Gasteiger charge is 2.20. The van der Waals surface area contributed by atoms with E-state index in [4.69, 9.17) is 0 Å². The van der Waals surface area contributed by atoms with Gasteiger partial charge in [0.05, 0.1) is 0 Å². The average molecular weight is 304 g/mol. The third kappa shape index (κ3) is 5.22. The van der Waals surface area contributed by atoms with Crippen molar-refractivity contribution in [3.63, 3.8) is 0 Å². The van der Waals surface area contributed by atoms with Gasteiger partial charge >= 0.3 is 0 Å². The molecule has 6 heteroatoms. The fourth-order valence-electron chi connectivity index (χ4n) is 1.83. The third-order valence-corrected chi connectivity index (χ3v) is 5.93. The van der Waals surface area contributed by atoms with E-state index in [0.717, 1.165) is 31.4 Å². The van der Waals surface area contributed by atoms with Gasteiger partial charge in [-0.1, -0.05) is 27.2 Å². The van der Waals surface area contributed by atoms with Gasteiger partial charge in [-0.15, -0.1) is 11.3 Å². The summed E-state index contributed by atoms with van der Waals surface area (Å²) >= 11 is 1.29. The Bertz CT molecular complexity index is 469. The Balaban J connectivity index is 2.73. The van der Waals surface area contributed by atoms with Gasteiger partial charge in [-0.05, 0) is 36.4 Å². The third-order valence-electron chi connectivity index (χ3n) is 2.93. The molecule has 2 N–H and O–H groups in total. The van der Waals surface area contributed by atoms with Crippen LogP contribution in [0.1, 0.15) is 45.6 Å². The largest absolute Gasteiger partial charge is 0.313 e. The Morgan fingerprint density at radius 2 is 2.05 bits per heavy atom. The zero-order valence-electron chi connectivity index (χ0n) is 11.9. The number of rotatable bonds is 9. The van der Waals surface area contributed by atoms with Gasteiger partial charge < -0.3 is 5.32 Å². The predicted octanol–water partition coefficient (Wildman–Crippen LogP) is 2.71. The molecule has 0 spiro atoms. The first-order valence-electron chi connectivity index (χ1n) is 6.83. The van der Waals surface area contributed by atoms with Crippen molar-refractivity contribution < 1.29 is 8.42 Å². The average Bonchev–Trinajstić information content (AvgIpc) is 2.85. The molecular weight excluding hydrogens is 280 g/mol. The number of hydrogen-bond donors (Lipinski definition) is 2. The van der Waals surface area contributed by atoms with Crippen LogP contribution in [0.5, 0.6) is 0 Å². The Kier molecular flexibility index (Phi) is 6.99. The van der Waals surface area contributed by atoms with E-state index in [-0.39, 0.29) is 6.04 Å². The van der Waals surface area contributed by atoms with Crippen LogP contribution in [-0.4, -0.2) is 21.0 Å². The van der Waals surface area contributed by atoms with E-state index in [2.05, 4.69) is 17.0 Å². The quantitative estimate of drug-likeness (QED) is 0.737. The molecule has 110 valence electrons. The highest BCUT2D eigenvalue weighted by atomic mass is 32.2. The Morgan fingerprint density at radius 1 is 1.32 bits per heavy atom. The first-order valence-corrected chi connectivity index (χ1v) is 9.20. The van der Waals surface area contributed by atoms with Gasteiger partial charge in [0, 0.05) is 12.6 Å². The van der Waals surface area contributed by atoms with Crippen molar-refractivity contribution in [2.75, 3.05) is 6.54 Å². The van der Waals surface area contributed by atoms with Crippen LogP contribution in [-0.2, 0) is 16.6 Å². The summed E-state index contributed by atoms with van der Waals surface area (Å²) in [6.45, 7) is 7.70. The van der Waals surface area contributed by atoms with Gasteiger partial charge in [0.1, 0.15) is 4.21 Å². The lowest BCUT2D eigenvalue weighted by Crippen LogP contribution is -2.33. The fraction of sp³-hybridized carbons (Fsp3) is 0.692. The molecular formula is C13H24N2O2S2. The van der Waals surface area contributed by atoms with Gasteiger partial charge in [0.2, 0.25) is 10.0 Å². The second-order valence-electron chi connectivity index (χ2n) is 4.57. The Labute approximate surface area is 120 Å². The second-order valence-corrected chi connectivity index (χ2v) is 7.42. The topological polar surface area (TPSA) is 58.2 Å². The molecule has 1 aromatic rings. The van der Waals surface area contributed by atoms with E-state index in [0.29, 0.717) is 10.8 Å². The van der Waals surface area contributed by atoms with Gasteiger partial charge in [-0.3, -0.25) is 0 Å². The molecule has 0 fully saturated rings. The molecule has 0 aliphatic rings. The maximum atomic E-state index is 12.2. The number of nitrogens with one attached hydrogen (secondary N) is 2. The molecule has 1 rings (SSSR count). The van der Waals surface area contributed by atoms with Crippen molar-refractivity contribution >= 4 is 21.4 Å². The van der Waals surface area contributed by atoms with Crippen molar-refractivity contribution in [2.24, 2.45) is 0 Å². The van der Waals surface area contributed by atoms with E-state index in [1.165, 1.54) is 11.3 Å². The maximum absolute atomic E-state index is 12.2. The Hall–Kier alpha value is -0.430. The molecule has 1 heterocycles. The highest BCUT2D eigenvalue weighted by molar-refractivity contribution is 7.91. The number of hydrogen-bond acceptors (Lipinski definition) is 4. The minimum Gasteiger partial charge on any atom is -0.313 e. The van der Waals surface area contributed by atoms with Gasteiger partial charge in [0.15, 0.2) is 0 Å². The molecule has 0 aromatic carbocycles. The van der Waals surface area contributed by atoms with Crippen LogP contribution < -0.4 is 10.0 Å². The molecule has 0 amide bonds. The minimum absolute atomic E-state index is 0.0364. The number of sulfonamides is 1. The molecule has 0 saturated heterocycles. The molecule has 0 aliphatic carbocycles. The summed E-state index contributed by atoms with van der Waals surface area (Å²) < 4.78 is 27.7. The summed E-state index contributed by atoms with van der Waals surface area (Å²) in [6.07, 6.45) is 2.69. The zero-order valence-corrected chi connectivity index (χ0v) is 13.5. The van der Waals surface area contributed by atoms with Crippen LogP contribution >= 0.6 is 11.3 Å². The van der Waals surface area contributed by atoms with E-state index < -0.39 is 10.0 Å². The van der Waals surface area contributed by atoms with Crippen LogP contribution in [0.25, 0.3) is 0 Å².